The fraction of sp³-hybridized carbons (Fsp3) is 0.800. The van der Waals surface area contributed by atoms with Crippen LogP contribution in [0.25, 0.3) is 0 Å². The zero-order valence-corrected chi connectivity index (χ0v) is 12.0. The predicted octanol–water partition coefficient (Wildman–Crippen LogP) is -0.105. The highest BCUT2D eigenvalue weighted by Crippen LogP contribution is 2.47. The summed E-state index contributed by atoms with van der Waals surface area (Å²) < 4.78 is 37.3. The van der Waals surface area contributed by atoms with Crippen LogP contribution in [0.15, 0.2) is 0 Å². The lowest BCUT2D eigenvalue weighted by molar-refractivity contribution is -0.241. The maximum Gasteiger partial charge on any atom is 0.410 e. The van der Waals surface area contributed by atoms with Crippen LogP contribution in [0.5, 0.6) is 0 Å². The Morgan fingerprint density at radius 2 is 2.00 bits per heavy atom. The molecule has 0 aromatic carbocycles. The molecular formula is C10H16N2O7S. The van der Waals surface area contributed by atoms with Crippen LogP contribution in [-0.4, -0.2) is 63.2 Å². The Morgan fingerprint density at radius 1 is 1.45 bits per heavy atom. The Kier molecular flexibility index (Phi) is 3.04. The molecule has 2 amide bonds. The molecule has 0 saturated carbocycles. The molecule has 0 bridgehead atoms. The van der Waals surface area contributed by atoms with Crippen molar-refractivity contribution in [2.24, 2.45) is 0 Å². The first-order valence-electron chi connectivity index (χ1n) is 5.93. The van der Waals surface area contributed by atoms with Crippen LogP contribution >= 0.6 is 0 Å². The standard InChI is InChI=1S/C10H16N2O7S/c1-9(2,3)19-10-6(4-5-11(10)8(14)15)12(7(10)13)20(16,17)18/h6H,4-5H2,1-3H3,(H,14,15)(H,16,17,18)/t6-,10+/m1/s1. The van der Waals surface area contributed by atoms with E-state index in [0.29, 0.717) is 0 Å². The van der Waals surface area contributed by atoms with Crippen LogP contribution in [0, 0.1) is 0 Å². The summed E-state index contributed by atoms with van der Waals surface area (Å²) >= 11 is 0. The van der Waals surface area contributed by atoms with Gasteiger partial charge >= 0.3 is 16.4 Å². The van der Waals surface area contributed by atoms with Gasteiger partial charge in [-0.05, 0) is 27.2 Å². The normalized spacial score (nSPS) is 30.2. The maximum atomic E-state index is 12.2. The van der Waals surface area contributed by atoms with Crippen molar-refractivity contribution in [1.29, 1.82) is 0 Å². The van der Waals surface area contributed by atoms with Crippen molar-refractivity contribution in [2.45, 2.75) is 44.6 Å². The molecule has 2 aliphatic heterocycles. The van der Waals surface area contributed by atoms with Gasteiger partial charge in [-0.15, -0.1) is 0 Å². The average Bonchev–Trinajstić information content (AvgIpc) is 2.50. The van der Waals surface area contributed by atoms with Crippen molar-refractivity contribution >= 4 is 22.3 Å². The quantitative estimate of drug-likeness (QED) is 0.539. The van der Waals surface area contributed by atoms with Crippen molar-refractivity contribution in [3.05, 3.63) is 0 Å². The Morgan fingerprint density at radius 3 is 2.40 bits per heavy atom. The van der Waals surface area contributed by atoms with Crippen LogP contribution in [0.4, 0.5) is 4.79 Å². The minimum atomic E-state index is -4.73. The van der Waals surface area contributed by atoms with Gasteiger partial charge in [-0.3, -0.25) is 14.2 Å². The molecule has 114 valence electrons. The van der Waals surface area contributed by atoms with E-state index >= 15 is 0 Å². The Hall–Kier alpha value is -1.39. The highest BCUT2D eigenvalue weighted by Gasteiger charge is 2.74. The van der Waals surface area contributed by atoms with Gasteiger partial charge in [-0.25, -0.2) is 9.10 Å². The number of carboxylic acid groups (broad SMARTS) is 1. The van der Waals surface area contributed by atoms with Crippen molar-refractivity contribution in [3.63, 3.8) is 0 Å². The minimum absolute atomic E-state index is 0.0478. The topological polar surface area (TPSA) is 124 Å². The number of nitrogens with zero attached hydrogens (tertiary/aromatic N) is 2. The predicted molar refractivity (Wildman–Crippen MR) is 65.1 cm³/mol. The van der Waals surface area contributed by atoms with E-state index in [9.17, 15) is 18.0 Å². The van der Waals surface area contributed by atoms with Gasteiger partial charge < -0.3 is 9.84 Å². The van der Waals surface area contributed by atoms with E-state index in [1.54, 1.807) is 20.8 Å². The molecule has 9 nitrogen and oxygen atoms in total. The van der Waals surface area contributed by atoms with Gasteiger partial charge in [0.1, 0.15) is 6.04 Å². The van der Waals surface area contributed by atoms with Gasteiger partial charge in [0.05, 0.1) is 5.60 Å². The second-order valence-electron chi connectivity index (χ2n) is 5.73. The number of β-lactam (4-membered cyclic amide) rings is 1. The van der Waals surface area contributed by atoms with Crippen LogP contribution in [0.1, 0.15) is 27.2 Å². The summed E-state index contributed by atoms with van der Waals surface area (Å²) in [5, 5.41) is 9.17. The number of ether oxygens (including phenoxy) is 1. The van der Waals surface area contributed by atoms with E-state index in [1.165, 1.54) is 0 Å². The zero-order chi connectivity index (χ0) is 15.5. The van der Waals surface area contributed by atoms with Crippen LogP contribution < -0.4 is 0 Å². The Labute approximate surface area is 116 Å². The molecule has 2 heterocycles. The van der Waals surface area contributed by atoms with E-state index in [1.807, 2.05) is 0 Å². The van der Waals surface area contributed by atoms with E-state index in [-0.39, 0.29) is 17.3 Å². The molecule has 10 heteroatoms. The smallest absolute Gasteiger partial charge is 0.410 e. The zero-order valence-electron chi connectivity index (χ0n) is 11.2. The third-order valence-electron chi connectivity index (χ3n) is 3.21. The summed E-state index contributed by atoms with van der Waals surface area (Å²) in [5.41, 5.74) is -2.74. The van der Waals surface area contributed by atoms with Gasteiger partial charge in [-0.2, -0.15) is 8.42 Å². The molecule has 0 radical (unpaired) electrons. The summed E-state index contributed by atoms with van der Waals surface area (Å²) in [6.45, 7) is 4.83. The first kappa shape index (κ1) is 15.0. The molecule has 20 heavy (non-hydrogen) atoms. The molecule has 2 aliphatic rings. The number of rotatable bonds is 2. The second-order valence-corrected chi connectivity index (χ2v) is 7.02. The number of hydrogen-bond donors (Lipinski definition) is 2. The van der Waals surface area contributed by atoms with Gasteiger partial charge in [0.2, 0.25) is 0 Å². The third-order valence-corrected chi connectivity index (χ3v) is 4.13. The molecule has 0 aromatic heterocycles. The van der Waals surface area contributed by atoms with Crippen molar-refractivity contribution in [3.8, 4) is 0 Å². The highest BCUT2D eigenvalue weighted by molar-refractivity contribution is 7.84. The highest BCUT2D eigenvalue weighted by atomic mass is 32.2. The number of amides is 2. The number of hydrogen-bond acceptors (Lipinski definition) is 5. The van der Waals surface area contributed by atoms with Gasteiger partial charge in [0, 0.05) is 6.54 Å². The minimum Gasteiger partial charge on any atom is -0.465 e. The molecule has 2 fully saturated rings. The van der Waals surface area contributed by atoms with Gasteiger partial charge in [0.15, 0.2) is 0 Å². The molecule has 2 saturated heterocycles. The number of carbonyl (C=O) groups is 2. The molecule has 0 aromatic rings. The monoisotopic (exact) mass is 308 g/mol. The lowest BCUT2D eigenvalue weighted by Gasteiger charge is -2.53. The van der Waals surface area contributed by atoms with Crippen molar-refractivity contribution < 1.29 is 32.4 Å². The summed E-state index contributed by atoms with van der Waals surface area (Å²) in [4.78, 5) is 24.2. The first-order valence-corrected chi connectivity index (χ1v) is 7.33. The van der Waals surface area contributed by atoms with E-state index in [4.69, 9.17) is 14.4 Å². The molecular weight excluding hydrogens is 292 g/mol. The lowest BCUT2D eigenvalue weighted by Crippen LogP contribution is -2.79. The summed E-state index contributed by atoms with van der Waals surface area (Å²) in [6.07, 6.45) is -1.30. The third kappa shape index (κ3) is 1.95. The lowest BCUT2D eigenvalue weighted by atomic mass is 9.93. The van der Waals surface area contributed by atoms with Gasteiger partial charge in [-0.1, -0.05) is 0 Å². The average molecular weight is 308 g/mol. The largest absolute Gasteiger partial charge is 0.465 e. The molecule has 2 rings (SSSR count). The SMILES string of the molecule is CC(C)(C)O[C@]12C(=O)N(S(=O)(=O)O)[C@@H]1CCN2C(=O)O. The summed E-state index contributed by atoms with van der Waals surface area (Å²) in [7, 11) is -4.73. The van der Waals surface area contributed by atoms with Crippen LogP contribution in [0.3, 0.4) is 0 Å². The van der Waals surface area contributed by atoms with E-state index < -0.39 is 39.7 Å². The van der Waals surface area contributed by atoms with Crippen LogP contribution in [0.2, 0.25) is 0 Å². The number of fused-ring (bicyclic) bond motifs is 1. The fourth-order valence-electron chi connectivity index (χ4n) is 2.70. The van der Waals surface area contributed by atoms with Gasteiger partial charge in [0.25, 0.3) is 11.6 Å². The second kappa shape index (κ2) is 4.06. The van der Waals surface area contributed by atoms with Crippen LogP contribution in [-0.2, 0) is 19.8 Å². The number of carbonyl (C=O) groups excluding carboxylic acids is 1. The maximum absolute atomic E-state index is 12.2. The number of likely N-dealkylation sites (tertiary alicyclic amines) is 1. The summed E-state index contributed by atoms with van der Waals surface area (Å²) in [5.74, 6) is -1.08. The molecule has 0 aliphatic carbocycles. The molecule has 0 unspecified atom stereocenters. The Bertz CT molecular complexity index is 567. The first-order chi connectivity index (χ1) is 8.91. The molecule has 2 N–H and O–H groups in total. The Balaban J connectivity index is 2.46. The van der Waals surface area contributed by atoms with E-state index in [0.717, 1.165) is 4.90 Å². The van der Waals surface area contributed by atoms with Crippen molar-refractivity contribution in [2.75, 3.05) is 6.54 Å². The molecule has 0 spiro atoms. The van der Waals surface area contributed by atoms with Crippen molar-refractivity contribution in [1.82, 2.24) is 9.21 Å². The fourth-order valence-corrected chi connectivity index (χ4v) is 3.61. The molecule has 2 atom stereocenters. The van der Waals surface area contributed by atoms with E-state index in [2.05, 4.69) is 0 Å². The summed E-state index contributed by atoms with van der Waals surface area (Å²) in [6, 6.07) is -1.04.